The number of carbonyl (C=O) groups is 1. The fraction of sp³-hybridized carbons (Fsp3) is 0.200. The number of H-pyrrole nitrogens is 1. The molecule has 0 saturated heterocycles. The fourth-order valence-electron chi connectivity index (χ4n) is 3.12. The van der Waals surface area contributed by atoms with Gasteiger partial charge in [0.2, 0.25) is 5.91 Å². The van der Waals surface area contributed by atoms with Gasteiger partial charge in [0, 0.05) is 42.4 Å². The van der Waals surface area contributed by atoms with E-state index in [0.717, 1.165) is 34.7 Å². The van der Waals surface area contributed by atoms with Crippen molar-refractivity contribution in [3.05, 3.63) is 65.8 Å². The van der Waals surface area contributed by atoms with Crippen molar-refractivity contribution in [3.8, 4) is 17.0 Å². The number of aromatic amines is 1. The first-order valence-corrected chi connectivity index (χ1v) is 8.45. The SMILES string of the molecule is COc1ccc(-c2n[nH]c3c2CN(C(=O)C=Cc2ccco2)CC3)cc1. The van der Waals surface area contributed by atoms with E-state index in [1.807, 2.05) is 35.2 Å². The second-order valence-corrected chi connectivity index (χ2v) is 6.12. The average Bonchev–Trinajstić information content (AvgIpc) is 3.35. The summed E-state index contributed by atoms with van der Waals surface area (Å²) in [6, 6.07) is 11.4. The van der Waals surface area contributed by atoms with Crippen LogP contribution >= 0.6 is 0 Å². The molecule has 0 aliphatic carbocycles. The molecule has 3 heterocycles. The molecule has 0 fully saturated rings. The number of fused-ring (bicyclic) bond motifs is 1. The Labute approximate surface area is 151 Å². The Hall–Kier alpha value is -3.28. The molecule has 0 bridgehead atoms. The van der Waals surface area contributed by atoms with Crippen LogP contribution in [0.15, 0.2) is 53.2 Å². The largest absolute Gasteiger partial charge is 0.497 e. The van der Waals surface area contributed by atoms with Gasteiger partial charge in [-0.3, -0.25) is 9.89 Å². The Kier molecular flexibility index (Phi) is 4.31. The number of aromatic nitrogens is 2. The summed E-state index contributed by atoms with van der Waals surface area (Å²) in [6.45, 7) is 1.20. The van der Waals surface area contributed by atoms with Crippen LogP contribution in [-0.4, -0.2) is 34.7 Å². The number of furan rings is 1. The van der Waals surface area contributed by atoms with E-state index in [-0.39, 0.29) is 5.91 Å². The van der Waals surface area contributed by atoms with Crippen LogP contribution in [0.3, 0.4) is 0 Å². The first-order valence-electron chi connectivity index (χ1n) is 8.45. The predicted molar refractivity (Wildman–Crippen MR) is 97.4 cm³/mol. The predicted octanol–water partition coefficient (Wildman–Crippen LogP) is 3.28. The highest BCUT2D eigenvalue weighted by Gasteiger charge is 2.24. The molecule has 2 aromatic heterocycles. The van der Waals surface area contributed by atoms with E-state index in [0.29, 0.717) is 18.8 Å². The Balaban J connectivity index is 1.54. The molecular formula is C20H19N3O3. The maximum atomic E-state index is 12.5. The summed E-state index contributed by atoms with van der Waals surface area (Å²) in [4.78, 5) is 14.3. The Morgan fingerprint density at radius 2 is 2.15 bits per heavy atom. The van der Waals surface area contributed by atoms with E-state index in [2.05, 4.69) is 10.2 Å². The van der Waals surface area contributed by atoms with Crippen LogP contribution in [0.4, 0.5) is 0 Å². The number of hydrogen-bond donors (Lipinski definition) is 1. The number of benzene rings is 1. The van der Waals surface area contributed by atoms with E-state index < -0.39 is 0 Å². The molecule has 3 aromatic rings. The zero-order valence-corrected chi connectivity index (χ0v) is 14.4. The molecule has 26 heavy (non-hydrogen) atoms. The van der Waals surface area contributed by atoms with Crippen LogP contribution in [0.1, 0.15) is 17.0 Å². The Morgan fingerprint density at radius 1 is 1.31 bits per heavy atom. The summed E-state index contributed by atoms with van der Waals surface area (Å²) in [5, 5.41) is 7.58. The number of nitrogens with one attached hydrogen (secondary N) is 1. The van der Waals surface area contributed by atoms with E-state index >= 15 is 0 Å². The van der Waals surface area contributed by atoms with Crippen LogP contribution in [-0.2, 0) is 17.8 Å². The highest BCUT2D eigenvalue weighted by Crippen LogP contribution is 2.29. The van der Waals surface area contributed by atoms with Gasteiger partial charge < -0.3 is 14.1 Å². The van der Waals surface area contributed by atoms with Gasteiger partial charge in [-0.15, -0.1) is 0 Å². The van der Waals surface area contributed by atoms with Gasteiger partial charge in [-0.2, -0.15) is 5.10 Å². The molecule has 4 rings (SSSR count). The third-order valence-corrected chi connectivity index (χ3v) is 4.54. The number of methoxy groups -OCH3 is 1. The maximum absolute atomic E-state index is 12.5. The molecule has 0 atom stereocenters. The molecule has 6 nitrogen and oxygen atoms in total. The highest BCUT2D eigenvalue weighted by molar-refractivity contribution is 5.91. The summed E-state index contributed by atoms with van der Waals surface area (Å²) in [7, 11) is 1.64. The number of rotatable bonds is 4. The minimum Gasteiger partial charge on any atom is -0.497 e. The van der Waals surface area contributed by atoms with Crippen molar-refractivity contribution < 1.29 is 13.9 Å². The van der Waals surface area contributed by atoms with Crippen LogP contribution in [0.25, 0.3) is 17.3 Å². The summed E-state index contributed by atoms with van der Waals surface area (Å²) in [5.74, 6) is 1.44. The van der Waals surface area contributed by atoms with Gasteiger partial charge in [0.05, 0.1) is 19.1 Å². The van der Waals surface area contributed by atoms with Gasteiger partial charge in [0.25, 0.3) is 0 Å². The maximum Gasteiger partial charge on any atom is 0.247 e. The van der Waals surface area contributed by atoms with Gasteiger partial charge in [0.15, 0.2) is 0 Å². The monoisotopic (exact) mass is 349 g/mol. The van der Waals surface area contributed by atoms with Crippen LogP contribution in [0.2, 0.25) is 0 Å². The quantitative estimate of drug-likeness (QED) is 0.734. The molecule has 0 radical (unpaired) electrons. The number of hydrogen-bond acceptors (Lipinski definition) is 4. The van der Waals surface area contributed by atoms with E-state index in [4.69, 9.17) is 9.15 Å². The third kappa shape index (κ3) is 3.13. The lowest BCUT2D eigenvalue weighted by Crippen LogP contribution is -2.34. The second kappa shape index (κ2) is 6.92. The topological polar surface area (TPSA) is 71.4 Å². The Bertz CT molecular complexity index is 924. The van der Waals surface area contributed by atoms with Crippen molar-refractivity contribution in [1.29, 1.82) is 0 Å². The van der Waals surface area contributed by atoms with Crippen molar-refractivity contribution in [1.82, 2.24) is 15.1 Å². The van der Waals surface area contributed by atoms with Crippen molar-refractivity contribution >= 4 is 12.0 Å². The standard InChI is InChI=1S/C20H19N3O3/c1-25-15-6-4-14(5-7-15)20-17-13-23(11-10-18(17)21-22-20)19(24)9-8-16-3-2-12-26-16/h2-9,12H,10-11,13H2,1H3,(H,21,22). The third-order valence-electron chi connectivity index (χ3n) is 4.54. The van der Waals surface area contributed by atoms with Gasteiger partial charge in [-0.05, 0) is 42.5 Å². The molecular weight excluding hydrogens is 330 g/mol. The first kappa shape index (κ1) is 16.2. The lowest BCUT2D eigenvalue weighted by atomic mass is 10.0. The van der Waals surface area contributed by atoms with Gasteiger partial charge >= 0.3 is 0 Å². The normalized spacial score (nSPS) is 13.8. The van der Waals surface area contributed by atoms with Gasteiger partial charge in [-0.25, -0.2) is 0 Å². The van der Waals surface area contributed by atoms with Crippen LogP contribution in [0, 0.1) is 0 Å². The highest BCUT2D eigenvalue weighted by atomic mass is 16.5. The average molecular weight is 349 g/mol. The number of ether oxygens (including phenoxy) is 1. The zero-order valence-electron chi connectivity index (χ0n) is 14.4. The van der Waals surface area contributed by atoms with E-state index in [1.165, 1.54) is 0 Å². The lowest BCUT2D eigenvalue weighted by molar-refractivity contribution is -0.126. The molecule has 132 valence electrons. The van der Waals surface area contributed by atoms with Crippen molar-refractivity contribution in [2.75, 3.05) is 13.7 Å². The molecule has 0 spiro atoms. The molecule has 1 aliphatic rings. The van der Waals surface area contributed by atoms with Gasteiger partial charge in [-0.1, -0.05) is 0 Å². The molecule has 1 aliphatic heterocycles. The molecule has 0 unspecified atom stereocenters. The van der Waals surface area contributed by atoms with Gasteiger partial charge in [0.1, 0.15) is 11.5 Å². The molecule has 0 saturated carbocycles. The number of amides is 1. The second-order valence-electron chi connectivity index (χ2n) is 6.12. The van der Waals surface area contributed by atoms with Crippen molar-refractivity contribution in [3.63, 3.8) is 0 Å². The molecule has 1 amide bonds. The van der Waals surface area contributed by atoms with E-state index in [9.17, 15) is 4.79 Å². The van der Waals surface area contributed by atoms with Crippen molar-refractivity contribution in [2.24, 2.45) is 0 Å². The minimum absolute atomic E-state index is 0.0334. The fourth-order valence-corrected chi connectivity index (χ4v) is 3.12. The minimum atomic E-state index is -0.0334. The smallest absolute Gasteiger partial charge is 0.247 e. The molecule has 6 heteroatoms. The molecule has 1 N–H and O–H groups in total. The summed E-state index contributed by atoms with van der Waals surface area (Å²) < 4.78 is 10.4. The van der Waals surface area contributed by atoms with Crippen LogP contribution in [0.5, 0.6) is 5.75 Å². The summed E-state index contributed by atoms with van der Waals surface area (Å²) in [5.41, 5.74) is 4.05. The van der Waals surface area contributed by atoms with E-state index in [1.54, 1.807) is 31.6 Å². The number of nitrogens with zero attached hydrogens (tertiary/aromatic N) is 2. The van der Waals surface area contributed by atoms with Crippen molar-refractivity contribution in [2.45, 2.75) is 13.0 Å². The summed E-state index contributed by atoms with van der Waals surface area (Å²) >= 11 is 0. The summed E-state index contributed by atoms with van der Waals surface area (Å²) in [6.07, 6.45) is 5.59. The Morgan fingerprint density at radius 3 is 2.88 bits per heavy atom. The number of carbonyl (C=O) groups excluding carboxylic acids is 1. The lowest BCUT2D eigenvalue weighted by Gasteiger charge is -2.26. The first-order chi connectivity index (χ1) is 12.7. The zero-order chi connectivity index (χ0) is 17.9. The molecule has 1 aromatic carbocycles. The van der Waals surface area contributed by atoms with Crippen LogP contribution < -0.4 is 4.74 Å².